The quantitative estimate of drug-likeness (QED) is 0.494. The van der Waals surface area contributed by atoms with Crippen molar-refractivity contribution in [1.82, 2.24) is 19.4 Å². The van der Waals surface area contributed by atoms with Gasteiger partial charge in [-0.05, 0) is 38.1 Å². The molecule has 0 N–H and O–H groups in total. The first-order valence-electron chi connectivity index (χ1n) is 8.26. The molecule has 6 nitrogen and oxygen atoms in total. The third-order valence-electron chi connectivity index (χ3n) is 4.01. The molecule has 1 aromatic carbocycles. The molecule has 0 radical (unpaired) electrons. The highest BCUT2D eigenvalue weighted by atomic mass is 35.5. The molecule has 0 aliphatic carbocycles. The van der Waals surface area contributed by atoms with Crippen molar-refractivity contribution in [3.8, 4) is 11.4 Å². The maximum absolute atomic E-state index is 14.4. The van der Waals surface area contributed by atoms with Crippen molar-refractivity contribution in [3.05, 3.63) is 58.9 Å². The predicted molar refractivity (Wildman–Crippen MR) is 99.4 cm³/mol. The van der Waals surface area contributed by atoms with Crippen LogP contribution in [-0.4, -0.2) is 31.9 Å². The Morgan fingerprint density at radius 2 is 2.04 bits per heavy atom. The van der Waals surface area contributed by atoms with E-state index in [0.717, 1.165) is 0 Å². The van der Waals surface area contributed by atoms with Gasteiger partial charge < -0.3 is 9.14 Å². The molecule has 4 aromatic rings. The molecule has 4 rings (SSSR count). The van der Waals surface area contributed by atoms with E-state index < -0.39 is 11.8 Å². The Kier molecular flexibility index (Phi) is 4.24. The number of carbonyl (C=O) groups is 1. The van der Waals surface area contributed by atoms with Crippen LogP contribution in [0.5, 0.6) is 0 Å². The molecular formula is C19H14ClFN4O2. The first-order valence-corrected chi connectivity index (χ1v) is 8.63. The Labute approximate surface area is 158 Å². The van der Waals surface area contributed by atoms with Gasteiger partial charge in [0.25, 0.3) is 0 Å². The fourth-order valence-electron chi connectivity index (χ4n) is 2.89. The minimum absolute atomic E-state index is 0.0849. The van der Waals surface area contributed by atoms with Gasteiger partial charge in [-0.15, -0.1) is 0 Å². The Bertz CT molecular complexity index is 1210. The van der Waals surface area contributed by atoms with Crippen LogP contribution in [0.2, 0.25) is 5.02 Å². The minimum atomic E-state index is -0.589. The maximum atomic E-state index is 14.4. The van der Waals surface area contributed by atoms with Gasteiger partial charge in [-0.2, -0.15) is 0 Å². The van der Waals surface area contributed by atoms with E-state index in [1.54, 1.807) is 48.8 Å². The highest BCUT2D eigenvalue weighted by Crippen LogP contribution is 2.26. The molecule has 0 fully saturated rings. The second kappa shape index (κ2) is 6.59. The molecule has 0 saturated heterocycles. The molecule has 3 heterocycles. The number of ether oxygens (including phenoxy) is 1. The van der Waals surface area contributed by atoms with E-state index in [1.807, 2.05) is 0 Å². The molecule has 0 spiro atoms. The van der Waals surface area contributed by atoms with Crippen molar-refractivity contribution in [1.29, 1.82) is 0 Å². The molecule has 0 saturated carbocycles. The van der Waals surface area contributed by atoms with Crippen LogP contribution in [0, 0.1) is 12.7 Å². The summed E-state index contributed by atoms with van der Waals surface area (Å²) in [4.78, 5) is 25.3. The lowest BCUT2D eigenvalue weighted by Gasteiger charge is -2.09. The Hall–Kier alpha value is -3.06. The number of aryl methyl sites for hydroxylation is 1. The normalized spacial score (nSPS) is 11.3. The largest absolute Gasteiger partial charge is 0.461 e. The molecule has 0 aliphatic rings. The summed E-state index contributed by atoms with van der Waals surface area (Å²) < 4.78 is 21.1. The van der Waals surface area contributed by atoms with Crippen LogP contribution < -0.4 is 0 Å². The lowest BCUT2D eigenvalue weighted by atomic mass is 10.1. The van der Waals surface area contributed by atoms with Crippen molar-refractivity contribution in [2.45, 2.75) is 13.8 Å². The van der Waals surface area contributed by atoms with Gasteiger partial charge in [0.05, 0.1) is 17.8 Å². The van der Waals surface area contributed by atoms with E-state index in [1.165, 1.54) is 6.07 Å². The summed E-state index contributed by atoms with van der Waals surface area (Å²) in [6, 6.07) is 6.25. The molecule has 0 unspecified atom stereocenters. The summed E-state index contributed by atoms with van der Waals surface area (Å²) >= 11 is 6.05. The van der Waals surface area contributed by atoms with Crippen LogP contribution in [0.15, 0.2) is 36.7 Å². The van der Waals surface area contributed by atoms with Crippen LogP contribution in [0.4, 0.5) is 4.39 Å². The highest BCUT2D eigenvalue weighted by Gasteiger charge is 2.18. The third-order valence-corrected chi connectivity index (χ3v) is 4.25. The number of nitrogens with zero attached hydrogens (tertiary/aromatic N) is 4. The van der Waals surface area contributed by atoms with Gasteiger partial charge >= 0.3 is 5.97 Å². The molecule has 8 heteroatoms. The average molecular weight is 385 g/mol. The fraction of sp³-hybridized carbons (Fsp3) is 0.158. The predicted octanol–water partition coefficient (Wildman–Crippen LogP) is 4.22. The van der Waals surface area contributed by atoms with Crippen LogP contribution in [0.3, 0.4) is 0 Å². The zero-order valence-corrected chi connectivity index (χ0v) is 15.3. The van der Waals surface area contributed by atoms with Gasteiger partial charge in [-0.1, -0.05) is 11.6 Å². The van der Waals surface area contributed by atoms with Crippen LogP contribution in [0.25, 0.3) is 27.9 Å². The van der Waals surface area contributed by atoms with Crippen molar-refractivity contribution in [2.24, 2.45) is 0 Å². The van der Waals surface area contributed by atoms with Crippen molar-refractivity contribution < 1.29 is 13.9 Å². The molecule has 27 heavy (non-hydrogen) atoms. The summed E-state index contributed by atoms with van der Waals surface area (Å²) in [5.74, 6) is -0.883. The number of pyridine rings is 1. The van der Waals surface area contributed by atoms with Crippen molar-refractivity contribution in [3.63, 3.8) is 0 Å². The lowest BCUT2D eigenvalue weighted by molar-refractivity contribution is 0.0522. The van der Waals surface area contributed by atoms with Gasteiger partial charge in [0.2, 0.25) is 0 Å². The van der Waals surface area contributed by atoms with Crippen LogP contribution in [0.1, 0.15) is 23.1 Å². The molecular weight excluding hydrogens is 371 g/mol. The number of hydrogen-bond acceptors (Lipinski definition) is 5. The van der Waals surface area contributed by atoms with Crippen LogP contribution in [-0.2, 0) is 4.74 Å². The second-order valence-corrected chi connectivity index (χ2v) is 6.40. The fourth-order valence-corrected chi connectivity index (χ4v) is 3.06. The number of fused-ring (bicyclic) bond motifs is 2. The summed E-state index contributed by atoms with van der Waals surface area (Å²) in [6.07, 6.45) is 3.37. The molecule has 3 aromatic heterocycles. The number of esters is 1. The standard InChI is InChI=1S/C19H14ClFN4O2/c1-3-27-19(26)16-13-7-12(20)4-5-15(13)23-17(24-16)11-6-14(21)18-22-10(2)8-25(18)9-11/h4-9H,3H2,1-2H3. The summed E-state index contributed by atoms with van der Waals surface area (Å²) in [5, 5.41) is 0.926. The molecule has 0 aliphatic heterocycles. The summed E-state index contributed by atoms with van der Waals surface area (Å²) in [5.41, 5.74) is 1.91. The number of aromatic nitrogens is 4. The molecule has 0 amide bonds. The van der Waals surface area contributed by atoms with Gasteiger partial charge in [0.1, 0.15) is 0 Å². The Morgan fingerprint density at radius 1 is 1.22 bits per heavy atom. The number of benzene rings is 1. The second-order valence-electron chi connectivity index (χ2n) is 5.97. The molecule has 136 valence electrons. The van der Waals surface area contributed by atoms with Crippen molar-refractivity contribution in [2.75, 3.05) is 6.61 Å². The maximum Gasteiger partial charge on any atom is 0.357 e. The van der Waals surface area contributed by atoms with E-state index in [-0.39, 0.29) is 23.8 Å². The average Bonchev–Trinajstić information content (AvgIpc) is 3.02. The summed E-state index contributed by atoms with van der Waals surface area (Å²) in [7, 11) is 0. The van der Waals surface area contributed by atoms with Gasteiger partial charge in [-0.3, -0.25) is 0 Å². The molecule has 0 bridgehead atoms. The Morgan fingerprint density at radius 3 is 2.81 bits per heavy atom. The van der Waals surface area contributed by atoms with Gasteiger partial charge in [-0.25, -0.2) is 24.1 Å². The lowest BCUT2D eigenvalue weighted by Crippen LogP contribution is -2.10. The van der Waals surface area contributed by atoms with E-state index in [4.69, 9.17) is 16.3 Å². The highest BCUT2D eigenvalue weighted by molar-refractivity contribution is 6.31. The topological polar surface area (TPSA) is 69.4 Å². The van der Waals surface area contributed by atoms with Crippen molar-refractivity contribution >= 4 is 34.1 Å². The first-order chi connectivity index (χ1) is 13.0. The number of carbonyl (C=O) groups excluding carboxylic acids is 1. The van der Waals surface area contributed by atoms with Crippen LogP contribution >= 0.6 is 11.6 Å². The zero-order chi connectivity index (χ0) is 19.1. The van der Waals surface area contributed by atoms with E-state index in [0.29, 0.717) is 27.2 Å². The number of halogens is 2. The Balaban J connectivity index is 1.97. The number of rotatable bonds is 3. The number of imidazole rings is 1. The zero-order valence-electron chi connectivity index (χ0n) is 14.5. The van der Waals surface area contributed by atoms with Gasteiger partial charge in [0.15, 0.2) is 23.0 Å². The van der Waals surface area contributed by atoms with E-state index >= 15 is 0 Å². The third kappa shape index (κ3) is 3.10. The van der Waals surface area contributed by atoms with E-state index in [9.17, 15) is 9.18 Å². The monoisotopic (exact) mass is 384 g/mol. The van der Waals surface area contributed by atoms with Gasteiger partial charge in [0, 0.05) is 28.4 Å². The SMILES string of the molecule is CCOC(=O)c1nc(-c2cc(F)c3nc(C)cn3c2)nc2ccc(Cl)cc12. The first kappa shape index (κ1) is 17.4. The smallest absolute Gasteiger partial charge is 0.357 e. The molecule has 0 atom stereocenters. The number of hydrogen-bond donors (Lipinski definition) is 0. The summed E-state index contributed by atoms with van der Waals surface area (Å²) in [6.45, 7) is 3.69. The van der Waals surface area contributed by atoms with E-state index in [2.05, 4.69) is 15.0 Å². The minimum Gasteiger partial charge on any atom is -0.461 e.